The van der Waals surface area contributed by atoms with Crippen molar-refractivity contribution < 1.29 is 4.74 Å². The maximum Gasteiger partial charge on any atom is 0.233 e. The molecule has 0 bridgehead atoms. The number of ether oxygens (including phenoxy) is 1. The van der Waals surface area contributed by atoms with E-state index in [9.17, 15) is 0 Å². The fourth-order valence-corrected chi connectivity index (χ4v) is 1.84. The van der Waals surface area contributed by atoms with Gasteiger partial charge >= 0.3 is 0 Å². The molecule has 0 radical (unpaired) electrons. The molecule has 19 heavy (non-hydrogen) atoms. The number of benzene rings is 2. The first-order valence-corrected chi connectivity index (χ1v) is 6.20. The fourth-order valence-electron chi connectivity index (χ4n) is 1.84. The lowest BCUT2D eigenvalue weighted by Gasteiger charge is -2.03. The van der Waals surface area contributed by atoms with Crippen LogP contribution in [0.4, 0.5) is 0 Å². The van der Waals surface area contributed by atoms with Crippen LogP contribution < -0.4 is 4.74 Å². The Bertz CT molecular complexity index is 632. The van der Waals surface area contributed by atoms with E-state index < -0.39 is 0 Å². The maximum absolute atomic E-state index is 5.66. The van der Waals surface area contributed by atoms with Gasteiger partial charge in [-0.05, 0) is 17.7 Å². The van der Waals surface area contributed by atoms with Gasteiger partial charge in [0.25, 0.3) is 0 Å². The van der Waals surface area contributed by atoms with Gasteiger partial charge in [0.05, 0.1) is 5.69 Å². The Kier molecular flexibility index (Phi) is 3.28. The highest BCUT2D eigenvalue weighted by Gasteiger charge is 2.01. The normalized spacial score (nSPS) is 10.3. The SMILES string of the molecule is c1ccc(COc2ccn(-c3ccccc3)n2)cc1. The number of para-hydroxylation sites is 1. The first kappa shape index (κ1) is 11.5. The summed E-state index contributed by atoms with van der Waals surface area (Å²) in [5.41, 5.74) is 2.16. The van der Waals surface area contributed by atoms with E-state index in [1.165, 1.54) is 0 Å². The molecular weight excluding hydrogens is 236 g/mol. The van der Waals surface area contributed by atoms with Gasteiger partial charge in [-0.3, -0.25) is 0 Å². The Balaban J connectivity index is 1.69. The molecule has 0 fully saturated rings. The minimum atomic E-state index is 0.534. The summed E-state index contributed by atoms with van der Waals surface area (Å²) in [6, 6.07) is 21.9. The first-order chi connectivity index (χ1) is 9.42. The van der Waals surface area contributed by atoms with Gasteiger partial charge in [-0.2, -0.15) is 0 Å². The van der Waals surface area contributed by atoms with E-state index in [0.29, 0.717) is 12.5 Å². The highest BCUT2D eigenvalue weighted by atomic mass is 16.5. The maximum atomic E-state index is 5.66. The minimum Gasteiger partial charge on any atom is -0.472 e. The molecule has 3 heteroatoms. The molecule has 3 rings (SSSR count). The summed E-state index contributed by atoms with van der Waals surface area (Å²) in [6.45, 7) is 0.534. The fraction of sp³-hybridized carbons (Fsp3) is 0.0625. The first-order valence-electron chi connectivity index (χ1n) is 6.20. The molecule has 0 aliphatic rings. The standard InChI is InChI=1S/C16H14N2O/c1-3-7-14(8-4-1)13-19-16-11-12-18(17-16)15-9-5-2-6-10-15/h1-12H,13H2. The Morgan fingerprint density at radius 1 is 0.842 bits per heavy atom. The second-order valence-corrected chi connectivity index (χ2v) is 4.21. The van der Waals surface area contributed by atoms with Crippen LogP contribution in [0.5, 0.6) is 5.88 Å². The molecule has 0 saturated carbocycles. The Morgan fingerprint density at radius 3 is 2.26 bits per heavy atom. The third kappa shape index (κ3) is 2.83. The Morgan fingerprint density at radius 2 is 1.53 bits per heavy atom. The van der Waals surface area contributed by atoms with Gasteiger partial charge in [-0.25, -0.2) is 4.68 Å². The smallest absolute Gasteiger partial charge is 0.233 e. The molecule has 0 aliphatic heterocycles. The van der Waals surface area contributed by atoms with Gasteiger partial charge in [-0.15, -0.1) is 5.10 Å². The van der Waals surface area contributed by atoms with Gasteiger partial charge in [0, 0.05) is 12.3 Å². The van der Waals surface area contributed by atoms with Gasteiger partial charge in [0.2, 0.25) is 5.88 Å². The van der Waals surface area contributed by atoms with Crippen LogP contribution in [0.3, 0.4) is 0 Å². The molecule has 1 heterocycles. The average Bonchev–Trinajstić information content (AvgIpc) is 2.96. The van der Waals surface area contributed by atoms with Gasteiger partial charge in [0.1, 0.15) is 6.61 Å². The van der Waals surface area contributed by atoms with Crippen molar-refractivity contribution in [1.29, 1.82) is 0 Å². The summed E-state index contributed by atoms with van der Waals surface area (Å²) in [6.07, 6.45) is 1.90. The molecule has 2 aromatic carbocycles. The van der Waals surface area contributed by atoms with Crippen molar-refractivity contribution in [2.24, 2.45) is 0 Å². The topological polar surface area (TPSA) is 27.1 Å². The number of aromatic nitrogens is 2. The zero-order valence-electron chi connectivity index (χ0n) is 10.4. The van der Waals surface area contributed by atoms with Crippen LogP contribution in [-0.4, -0.2) is 9.78 Å². The predicted molar refractivity (Wildman–Crippen MR) is 74.3 cm³/mol. The van der Waals surface area contributed by atoms with Crippen molar-refractivity contribution in [3.8, 4) is 11.6 Å². The summed E-state index contributed by atoms with van der Waals surface area (Å²) < 4.78 is 7.47. The van der Waals surface area contributed by atoms with Crippen LogP contribution in [0.15, 0.2) is 72.9 Å². The molecule has 0 spiro atoms. The average molecular weight is 250 g/mol. The molecule has 0 aliphatic carbocycles. The predicted octanol–water partition coefficient (Wildman–Crippen LogP) is 3.45. The summed E-state index contributed by atoms with van der Waals surface area (Å²) >= 11 is 0. The van der Waals surface area contributed by atoms with E-state index in [-0.39, 0.29) is 0 Å². The van der Waals surface area contributed by atoms with Gasteiger partial charge in [0.15, 0.2) is 0 Å². The number of nitrogens with zero attached hydrogens (tertiary/aromatic N) is 2. The van der Waals surface area contributed by atoms with Crippen molar-refractivity contribution in [3.05, 3.63) is 78.5 Å². The molecule has 3 nitrogen and oxygen atoms in total. The van der Waals surface area contributed by atoms with E-state index in [1.807, 2.05) is 72.9 Å². The summed E-state index contributed by atoms with van der Waals surface area (Å²) in [4.78, 5) is 0. The van der Waals surface area contributed by atoms with Gasteiger partial charge < -0.3 is 4.74 Å². The lowest BCUT2D eigenvalue weighted by molar-refractivity contribution is 0.292. The molecule has 0 unspecified atom stereocenters. The van der Waals surface area contributed by atoms with Crippen molar-refractivity contribution >= 4 is 0 Å². The summed E-state index contributed by atoms with van der Waals surface area (Å²) in [7, 11) is 0. The number of hydrogen-bond acceptors (Lipinski definition) is 2. The van der Waals surface area contributed by atoms with Crippen molar-refractivity contribution in [2.45, 2.75) is 6.61 Å². The third-order valence-electron chi connectivity index (χ3n) is 2.81. The second-order valence-electron chi connectivity index (χ2n) is 4.21. The largest absolute Gasteiger partial charge is 0.472 e. The number of rotatable bonds is 4. The summed E-state index contributed by atoms with van der Waals surface area (Å²) in [5, 5.41) is 4.39. The Hall–Kier alpha value is -2.55. The third-order valence-corrected chi connectivity index (χ3v) is 2.81. The number of hydrogen-bond donors (Lipinski definition) is 0. The lowest BCUT2D eigenvalue weighted by atomic mass is 10.2. The molecule has 1 aromatic heterocycles. The highest BCUT2D eigenvalue weighted by molar-refractivity contribution is 5.31. The van der Waals surface area contributed by atoms with Crippen LogP contribution in [0.25, 0.3) is 5.69 Å². The quantitative estimate of drug-likeness (QED) is 0.709. The molecule has 0 amide bonds. The molecule has 0 atom stereocenters. The van der Waals surface area contributed by atoms with Crippen molar-refractivity contribution in [1.82, 2.24) is 9.78 Å². The molecule has 94 valence electrons. The van der Waals surface area contributed by atoms with E-state index in [1.54, 1.807) is 4.68 Å². The van der Waals surface area contributed by atoms with Crippen molar-refractivity contribution in [2.75, 3.05) is 0 Å². The zero-order chi connectivity index (χ0) is 12.9. The van der Waals surface area contributed by atoms with E-state index in [4.69, 9.17) is 4.74 Å². The highest BCUT2D eigenvalue weighted by Crippen LogP contribution is 2.13. The van der Waals surface area contributed by atoms with Crippen LogP contribution in [0.2, 0.25) is 0 Å². The van der Waals surface area contributed by atoms with Crippen LogP contribution >= 0.6 is 0 Å². The lowest BCUT2D eigenvalue weighted by Crippen LogP contribution is -1.98. The molecular formula is C16H14N2O. The van der Waals surface area contributed by atoms with E-state index in [2.05, 4.69) is 5.10 Å². The molecule has 0 saturated heterocycles. The monoisotopic (exact) mass is 250 g/mol. The second kappa shape index (κ2) is 5.40. The summed E-state index contributed by atoms with van der Waals surface area (Å²) in [5.74, 6) is 0.632. The van der Waals surface area contributed by atoms with Crippen LogP contribution in [0, 0.1) is 0 Å². The Labute approximate surface area is 112 Å². The minimum absolute atomic E-state index is 0.534. The van der Waals surface area contributed by atoms with E-state index >= 15 is 0 Å². The van der Waals surface area contributed by atoms with E-state index in [0.717, 1.165) is 11.3 Å². The zero-order valence-corrected chi connectivity index (χ0v) is 10.4. The van der Waals surface area contributed by atoms with Gasteiger partial charge in [-0.1, -0.05) is 48.5 Å². The molecule has 3 aromatic rings. The van der Waals surface area contributed by atoms with Crippen LogP contribution in [0.1, 0.15) is 5.56 Å². The van der Waals surface area contributed by atoms with Crippen LogP contribution in [-0.2, 0) is 6.61 Å². The molecule has 0 N–H and O–H groups in total. The van der Waals surface area contributed by atoms with Crippen molar-refractivity contribution in [3.63, 3.8) is 0 Å².